The van der Waals surface area contributed by atoms with Crippen molar-refractivity contribution in [2.45, 2.75) is 31.7 Å². The standard InChI is InChI=1S/C16H19FN2O2/c1-10-7-16(9-19(10)2)8-13(20)18-15(21)14(16)11-3-5-12(17)6-4-11/h3-6,10,14H,7-9H2,1-2H3,(H,18,20,21). The van der Waals surface area contributed by atoms with E-state index in [2.05, 4.69) is 17.1 Å². The zero-order valence-electron chi connectivity index (χ0n) is 12.2. The van der Waals surface area contributed by atoms with Crippen molar-refractivity contribution < 1.29 is 14.0 Å². The molecule has 5 heteroatoms. The molecule has 1 aromatic rings. The fraction of sp³-hybridized carbons (Fsp3) is 0.500. The number of carbonyl (C=O) groups is 2. The number of halogens is 1. The van der Waals surface area contributed by atoms with Crippen molar-refractivity contribution in [3.63, 3.8) is 0 Å². The van der Waals surface area contributed by atoms with E-state index in [1.54, 1.807) is 12.1 Å². The molecule has 3 rings (SSSR count). The second kappa shape index (κ2) is 4.91. The fourth-order valence-electron chi connectivity index (χ4n) is 3.91. The number of hydrogen-bond donors (Lipinski definition) is 1. The van der Waals surface area contributed by atoms with Crippen LogP contribution in [0.25, 0.3) is 0 Å². The summed E-state index contributed by atoms with van der Waals surface area (Å²) in [7, 11) is 2.01. The Hall–Kier alpha value is -1.75. The lowest BCUT2D eigenvalue weighted by Gasteiger charge is -2.39. The largest absolute Gasteiger partial charge is 0.303 e. The molecule has 0 saturated carbocycles. The molecule has 3 unspecified atom stereocenters. The number of hydrogen-bond acceptors (Lipinski definition) is 3. The van der Waals surface area contributed by atoms with Gasteiger partial charge in [-0.25, -0.2) is 4.39 Å². The number of piperidine rings is 1. The summed E-state index contributed by atoms with van der Waals surface area (Å²) < 4.78 is 13.1. The molecular formula is C16H19FN2O2. The van der Waals surface area contributed by atoms with Crippen LogP contribution in [0.4, 0.5) is 4.39 Å². The molecule has 2 aliphatic heterocycles. The van der Waals surface area contributed by atoms with E-state index in [1.807, 2.05) is 7.05 Å². The number of rotatable bonds is 1. The minimum Gasteiger partial charge on any atom is -0.303 e. The van der Waals surface area contributed by atoms with Gasteiger partial charge in [0.05, 0.1) is 5.92 Å². The molecule has 3 atom stereocenters. The van der Waals surface area contributed by atoms with Gasteiger partial charge >= 0.3 is 0 Å². The van der Waals surface area contributed by atoms with Crippen molar-refractivity contribution in [3.8, 4) is 0 Å². The van der Waals surface area contributed by atoms with Gasteiger partial charge in [-0.2, -0.15) is 0 Å². The van der Waals surface area contributed by atoms with Crippen LogP contribution in [0.1, 0.15) is 31.2 Å². The predicted molar refractivity (Wildman–Crippen MR) is 76.0 cm³/mol. The molecular weight excluding hydrogens is 271 g/mol. The van der Waals surface area contributed by atoms with Crippen LogP contribution in [-0.2, 0) is 9.59 Å². The van der Waals surface area contributed by atoms with Gasteiger partial charge in [0.25, 0.3) is 0 Å². The molecule has 1 aromatic carbocycles. The third kappa shape index (κ3) is 2.35. The van der Waals surface area contributed by atoms with E-state index >= 15 is 0 Å². The Bertz CT molecular complexity index is 574. The van der Waals surface area contributed by atoms with Crippen LogP contribution in [0.5, 0.6) is 0 Å². The molecule has 0 radical (unpaired) electrons. The first-order chi connectivity index (χ1) is 9.91. The summed E-state index contributed by atoms with van der Waals surface area (Å²) in [6.45, 7) is 2.81. The van der Waals surface area contributed by atoms with Crippen molar-refractivity contribution in [2.75, 3.05) is 13.6 Å². The number of imide groups is 1. The Morgan fingerprint density at radius 1 is 1.29 bits per heavy atom. The van der Waals surface area contributed by atoms with Gasteiger partial charge in [-0.05, 0) is 38.1 Å². The highest BCUT2D eigenvalue weighted by atomic mass is 19.1. The lowest BCUT2D eigenvalue weighted by molar-refractivity contribution is -0.139. The predicted octanol–water partition coefficient (Wildman–Crippen LogP) is 1.67. The average molecular weight is 290 g/mol. The molecule has 2 heterocycles. The quantitative estimate of drug-likeness (QED) is 0.800. The van der Waals surface area contributed by atoms with E-state index in [4.69, 9.17) is 0 Å². The first-order valence-electron chi connectivity index (χ1n) is 7.21. The number of benzene rings is 1. The minimum absolute atomic E-state index is 0.208. The highest BCUT2D eigenvalue weighted by Crippen LogP contribution is 2.49. The Balaban J connectivity index is 2.03. The summed E-state index contributed by atoms with van der Waals surface area (Å²) >= 11 is 0. The van der Waals surface area contributed by atoms with E-state index < -0.39 is 5.92 Å². The molecule has 2 saturated heterocycles. The number of likely N-dealkylation sites (tertiary alicyclic amines) is 1. The average Bonchev–Trinajstić information content (AvgIpc) is 2.66. The second-order valence-corrected chi connectivity index (χ2v) is 6.40. The van der Waals surface area contributed by atoms with Crippen molar-refractivity contribution in [3.05, 3.63) is 35.6 Å². The molecule has 0 bridgehead atoms. The molecule has 112 valence electrons. The lowest BCUT2D eigenvalue weighted by atomic mass is 9.66. The van der Waals surface area contributed by atoms with E-state index in [0.717, 1.165) is 12.0 Å². The lowest BCUT2D eigenvalue weighted by Crippen LogP contribution is -2.51. The first kappa shape index (κ1) is 14.2. The maximum absolute atomic E-state index is 13.1. The molecule has 2 amide bonds. The van der Waals surface area contributed by atoms with Gasteiger partial charge in [-0.1, -0.05) is 12.1 Å². The third-order valence-electron chi connectivity index (χ3n) is 4.87. The van der Waals surface area contributed by atoms with Crippen LogP contribution in [0, 0.1) is 11.2 Å². The SMILES string of the molecule is CC1CC2(CC(=O)NC(=O)C2c2ccc(F)cc2)CN1C. The summed E-state index contributed by atoms with van der Waals surface area (Å²) in [4.78, 5) is 26.5. The van der Waals surface area contributed by atoms with Crippen molar-refractivity contribution >= 4 is 11.8 Å². The summed E-state index contributed by atoms with van der Waals surface area (Å²) in [5.41, 5.74) is 0.398. The maximum atomic E-state index is 13.1. The smallest absolute Gasteiger partial charge is 0.234 e. The monoisotopic (exact) mass is 290 g/mol. The molecule has 1 N–H and O–H groups in total. The Morgan fingerprint density at radius 3 is 2.52 bits per heavy atom. The summed E-state index contributed by atoms with van der Waals surface area (Å²) in [6, 6.07) is 6.37. The van der Waals surface area contributed by atoms with Crippen LogP contribution >= 0.6 is 0 Å². The Labute approximate surface area is 123 Å². The van der Waals surface area contributed by atoms with E-state index in [0.29, 0.717) is 19.0 Å². The molecule has 2 aliphatic rings. The Morgan fingerprint density at radius 2 is 1.95 bits per heavy atom. The Kier molecular flexibility index (Phi) is 3.32. The molecule has 21 heavy (non-hydrogen) atoms. The topological polar surface area (TPSA) is 49.4 Å². The molecule has 1 spiro atoms. The minimum atomic E-state index is -0.400. The highest BCUT2D eigenvalue weighted by molar-refractivity contribution is 6.02. The molecule has 2 fully saturated rings. The van der Waals surface area contributed by atoms with Gasteiger partial charge in [0, 0.05) is 24.4 Å². The summed E-state index contributed by atoms with van der Waals surface area (Å²) in [6.07, 6.45) is 1.14. The van der Waals surface area contributed by atoms with Crippen molar-refractivity contribution in [1.82, 2.24) is 10.2 Å². The van der Waals surface area contributed by atoms with E-state index in [9.17, 15) is 14.0 Å². The molecule has 4 nitrogen and oxygen atoms in total. The first-order valence-corrected chi connectivity index (χ1v) is 7.21. The number of nitrogens with one attached hydrogen (secondary N) is 1. The summed E-state index contributed by atoms with van der Waals surface area (Å²) in [5, 5.41) is 2.43. The van der Waals surface area contributed by atoms with Crippen molar-refractivity contribution in [1.29, 1.82) is 0 Å². The van der Waals surface area contributed by atoms with Gasteiger partial charge < -0.3 is 4.90 Å². The number of amides is 2. The second-order valence-electron chi connectivity index (χ2n) is 6.40. The zero-order valence-corrected chi connectivity index (χ0v) is 12.2. The number of nitrogens with zero attached hydrogens (tertiary/aromatic N) is 1. The number of carbonyl (C=O) groups excluding carboxylic acids is 2. The van der Waals surface area contributed by atoms with Crippen LogP contribution < -0.4 is 5.32 Å². The zero-order chi connectivity index (χ0) is 15.2. The maximum Gasteiger partial charge on any atom is 0.234 e. The van der Waals surface area contributed by atoms with Crippen LogP contribution in [0.3, 0.4) is 0 Å². The van der Waals surface area contributed by atoms with Crippen LogP contribution in [0.15, 0.2) is 24.3 Å². The van der Waals surface area contributed by atoms with E-state index in [-0.39, 0.29) is 23.0 Å². The fourth-order valence-corrected chi connectivity index (χ4v) is 3.91. The van der Waals surface area contributed by atoms with E-state index in [1.165, 1.54) is 12.1 Å². The van der Waals surface area contributed by atoms with Crippen molar-refractivity contribution in [2.24, 2.45) is 5.41 Å². The normalized spacial score (nSPS) is 33.5. The van der Waals surface area contributed by atoms with Gasteiger partial charge in [0.1, 0.15) is 5.82 Å². The summed E-state index contributed by atoms with van der Waals surface area (Å²) in [5.74, 6) is -1.19. The highest BCUT2D eigenvalue weighted by Gasteiger charge is 2.53. The van der Waals surface area contributed by atoms with Gasteiger partial charge in [-0.15, -0.1) is 0 Å². The third-order valence-corrected chi connectivity index (χ3v) is 4.87. The molecule has 0 aromatic heterocycles. The molecule has 0 aliphatic carbocycles. The van der Waals surface area contributed by atoms with Gasteiger partial charge in [0.15, 0.2) is 0 Å². The van der Waals surface area contributed by atoms with Gasteiger partial charge in [0.2, 0.25) is 11.8 Å². The van der Waals surface area contributed by atoms with Gasteiger partial charge in [-0.3, -0.25) is 14.9 Å². The van der Waals surface area contributed by atoms with Crippen LogP contribution in [0.2, 0.25) is 0 Å². The van der Waals surface area contributed by atoms with Crippen LogP contribution in [-0.4, -0.2) is 36.3 Å².